The third-order valence-electron chi connectivity index (χ3n) is 5.20. The molecule has 1 aromatic carbocycles. The molecule has 1 fully saturated rings. The standard InChI is InChI=1S/C20H29N5O5S/c1-14(2)12-21-20(26)17-13-25(23-22-17)15-7-9-24(10-8-15)31(27,28)19-11-16(29-3)5-6-18(19)30-4/h5-6,11,13-15H,7-10,12H2,1-4H3,(H,21,26). The second-order valence-electron chi connectivity index (χ2n) is 7.84. The molecule has 1 aliphatic rings. The Hall–Kier alpha value is -2.66. The smallest absolute Gasteiger partial charge is 0.273 e. The van der Waals surface area contributed by atoms with Crippen LogP contribution in [0.2, 0.25) is 0 Å². The van der Waals surface area contributed by atoms with E-state index < -0.39 is 10.0 Å². The topological polar surface area (TPSA) is 116 Å². The summed E-state index contributed by atoms with van der Waals surface area (Å²) in [4.78, 5) is 12.2. The highest BCUT2D eigenvalue weighted by Gasteiger charge is 2.33. The van der Waals surface area contributed by atoms with Gasteiger partial charge < -0.3 is 14.8 Å². The summed E-state index contributed by atoms with van der Waals surface area (Å²) in [6.07, 6.45) is 2.74. The molecule has 2 aromatic rings. The normalized spacial score (nSPS) is 15.8. The van der Waals surface area contributed by atoms with Crippen molar-refractivity contribution >= 4 is 15.9 Å². The van der Waals surface area contributed by atoms with Crippen molar-refractivity contribution in [2.24, 2.45) is 5.92 Å². The van der Waals surface area contributed by atoms with E-state index in [-0.39, 0.29) is 28.3 Å². The minimum atomic E-state index is -3.75. The molecule has 0 radical (unpaired) electrons. The quantitative estimate of drug-likeness (QED) is 0.649. The third-order valence-corrected chi connectivity index (χ3v) is 7.12. The monoisotopic (exact) mass is 451 g/mol. The maximum Gasteiger partial charge on any atom is 0.273 e. The van der Waals surface area contributed by atoms with E-state index in [0.717, 1.165) is 0 Å². The largest absolute Gasteiger partial charge is 0.497 e. The number of carbonyl (C=O) groups excluding carboxylic acids is 1. The summed E-state index contributed by atoms with van der Waals surface area (Å²) in [5.74, 6) is 0.801. The molecule has 11 heteroatoms. The molecule has 1 saturated heterocycles. The van der Waals surface area contributed by atoms with Crippen LogP contribution in [0.3, 0.4) is 0 Å². The fraction of sp³-hybridized carbons (Fsp3) is 0.550. The summed E-state index contributed by atoms with van der Waals surface area (Å²) < 4.78 is 39.9. The number of methoxy groups -OCH3 is 2. The molecule has 1 aromatic heterocycles. The summed E-state index contributed by atoms with van der Waals surface area (Å²) in [5.41, 5.74) is 0.261. The Morgan fingerprint density at radius 1 is 1.23 bits per heavy atom. The number of sulfonamides is 1. The van der Waals surface area contributed by atoms with Gasteiger partial charge in [0.1, 0.15) is 16.4 Å². The average Bonchev–Trinajstić information content (AvgIpc) is 3.27. The number of piperidine rings is 1. The van der Waals surface area contributed by atoms with Crippen LogP contribution in [0.25, 0.3) is 0 Å². The average molecular weight is 452 g/mol. The first-order valence-corrected chi connectivity index (χ1v) is 11.6. The zero-order valence-electron chi connectivity index (χ0n) is 18.2. The van der Waals surface area contributed by atoms with Crippen molar-refractivity contribution in [3.63, 3.8) is 0 Å². The van der Waals surface area contributed by atoms with Gasteiger partial charge in [0, 0.05) is 25.7 Å². The molecule has 170 valence electrons. The number of hydrogen-bond donors (Lipinski definition) is 1. The predicted molar refractivity (Wildman–Crippen MR) is 114 cm³/mol. The van der Waals surface area contributed by atoms with Crippen molar-refractivity contribution in [2.75, 3.05) is 33.9 Å². The highest BCUT2D eigenvalue weighted by atomic mass is 32.2. The van der Waals surface area contributed by atoms with Gasteiger partial charge in [0.2, 0.25) is 10.0 Å². The van der Waals surface area contributed by atoms with Gasteiger partial charge in [0.15, 0.2) is 5.69 Å². The van der Waals surface area contributed by atoms with Gasteiger partial charge in [-0.3, -0.25) is 4.79 Å². The predicted octanol–water partition coefficient (Wildman–Crippen LogP) is 1.71. The van der Waals surface area contributed by atoms with E-state index in [2.05, 4.69) is 15.6 Å². The van der Waals surface area contributed by atoms with Crippen LogP contribution in [0.1, 0.15) is 43.2 Å². The molecule has 0 atom stereocenters. The molecule has 31 heavy (non-hydrogen) atoms. The van der Waals surface area contributed by atoms with Crippen molar-refractivity contribution in [1.82, 2.24) is 24.6 Å². The van der Waals surface area contributed by atoms with E-state index >= 15 is 0 Å². The maximum atomic E-state index is 13.2. The lowest BCUT2D eigenvalue weighted by molar-refractivity contribution is 0.0944. The number of amides is 1. The van der Waals surface area contributed by atoms with Gasteiger partial charge >= 0.3 is 0 Å². The molecule has 2 heterocycles. The van der Waals surface area contributed by atoms with Crippen LogP contribution in [0.4, 0.5) is 0 Å². The van der Waals surface area contributed by atoms with Gasteiger partial charge in [-0.15, -0.1) is 5.10 Å². The summed E-state index contributed by atoms with van der Waals surface area (Å²) in [7, 11) is -0.825. The Kier molecular flexibility index (Phi) is 7.16. The molecular formula is C20H29N5O5S. The number of rotatable bonds is 8. The molecule has 0 bridgehead atoms. The van der Waals surface area contributed by atoms with Crippen molar-refractivity contribution in [2.45, 2.75) is 37.6 Å². The molecule has 0 aliphatic carbocycles. The van der Waals surface area contributed by atoms with Crippen LogP contribution >= 0.6 is 0 Å². The molecule has 0 saturated carbocycles. The van der Waals surface area contributed by atoms with Crippen molar-refractivity contribution in [3.05, 3.63) is 30.1 Å². The lowest BCUT2D eigenvalue weighted by Crippen LogP contribution is -2.39. The second-order valence-corrected chi connectivity index (χ2v) is 9.75. The van der Waals surface area contributed by atoms with Crippen LogP contribution in [-0.4, -0.2) is 67.5 Å². The van der Waals surface area contributed by atoms with Gasteiger partial charge in [0.25, 0.3) is 5.91 Å². The van der Waals surface area contributed by atoms with Gasteiger partial charge in [-0.25, -0.2) is 13.1 Å². The van der Waals surface area contributed by atoms with Crippen LogP contribution in [0.15, 0.2) is 29.3 Å². The van der Waals surface area contributed by atoms with Gasteiger partial charge in [-0.2, -0.15) is 4.31 Å². The number of carbonyl (C=O) groups is 1. The van der Waals surface area contributed by atoms with E-state index in [9.17, 15) is 13.2 Å². The number of hydrogen-bond acceptors (Lipinski definition) is 7. The highest BCUT2D eigenvalue weighted by molar-refractivity contribution is 7.89. The minimum Gasteiger partial charge on any atom is -0.497 e. The Bertz CT molecular complexity index is 1010. The SMILES string of the molecule is COc1ccc(OC)c(S(=O)(=O)N2CCC(n3cc(C(=O)NCC(C)C)nn3)CC2)c1. The summed E-state index contributed by atoms with van der Waals surface area (Å²) >= 11 is 0. The van der Waals surface area contributed by atoms with E-state index in [1.54, 1.807) is 23.0 Å². The Balaban J connectivity index is 1.68. The van der Waals surface area contributed by atoms with Crippen LogP contribution in [-0.2, 0) is 10.0 Å². The maximum absolute atomic E-state index is 13.2. The molecule has 1 N–H and O–H groups in total. The minimum absolute atomic E-state index is 0.0298. The fourth-order valence-corrected chi connectivity index (χ4v) is 5.06. The van der Waals surface area contributed by atoms with Gasteiger partial charge in [-0.05, 0) is 30.9 Å². The molecule has 10 nitrogen and oxygen atoms in total. The summed E-state index contributed by atoms with van der Waals surface area (Å²) in [5, 5.41) is 10.9. The molecule has 1 aliphatic heterocycles. The van der Waals surface area contributed by atoms with E-state index in [0.29, 0.717) is 44.1 Å². The highest BCUT2D eigenvalue weighted by Crippen LogP contribution is 2.33. The molecule has 3 rings (SSSR count). The Morgan fingerprint density at radius 3 is 2.55 bits per heavy atom. The third kappa shape index (κ3) is 5.16. The number of benzene rings is 1. The zero-order chi connectivity index (χ0) is 22.6. The van der Waals surface area contributed by atoms with Crippen LogP contribution in [0, 0.1) is 5.92 Å². The Morgan fingerprint density at radius 2 is 1.94 bits per heavy atom. The van der Waals surface area contributed by atoms with E-state index in [4.69, 9.17) is 9.47 Å². The van der Waals surface area contributed by atoms with Gasteiger partial charge in [-0.1, -0.05) is 19.1 Å². The van der Waals surface area contributed by atoms with Crippen LogP contribution < -0.4 is 14.8 Å². The lowest BCUT2D eigenvalue weighted by atomic mass is 10.1. The summed E-state index contributed by atoms with van der Waals surface area (Å²) in [6.45, 7) is 5.24. The number of ether oxygens (including phenoxy) is 2. The van der Waals surface area contributed by atoms with Gasteiger partial charge in [0.05, 0.1) is 26.5 Å². The number of nitrogens with one attached hydrogen (secondary N) is 1. The molecule has 0 unspecified atom stereocenters. The summed E-state index contributed by atoms with van der Waals surface area (Å²) in [6, 6.07) is 4.68. The fourth-order valence-electron chi connectivity index (χ4n) is 3.42. The van der Waals surface area contributed by atoms with Crippen molar-refractivity contribution in [1.29, 1.82) is 0 Å². The first-order valence-electron chi connectivity index (χ1n) is 10.2. The second kappa shape index (κ2) is 9.65. The number of nitrogens with zero attached hydrogens (tertiary/aromatic N) is 4. The van der Waals surface area contributed by atoms with E-state index in [1.165, 1.54) is 24.6 Å². The molecular weight excluding hydrogens is 422 g/mol. The molecule has 1 amide bonds. The first-order chi connectivity index (χ1) is 14.8. The Labute approximate surface area is 182 Å². The van der Waals surface area contributed by atoms with Crippen molar-refractivity contribution < 1.29 is 22.7 Å². The van der Waals surface area contributed by atoms with Crippen molar-refractivity contribution in [3.8, 4) is 11.5 Å². The number of aromatic nitrogens is 3. The van der Waals surface area contributed by atoms with Crippen LogP contribution in [0.5, 0.6) is 11.5 Å². The molecule has 0 spiro atoms. The zero-order valence-corrected chi connectivity index (χ0v) is 19.1. The first kappa shape index (κ1) is 23.0. The lowest BCUT2D eigenvalue weighted by Gasteiger charge is -2.31. The van der Waals surface area contributed by atoms with E-state index in [1.807, 2.05) is 13.8 Å².